The number of thioether (sulfide) groups is 1. The Morgan fingerprint density at radius 2 is 1.64 bits per heavy atom. The van der Waals surface area contributed by atoms with Crippen LogP contribution in [0.3, 0.4) is 0 Å². The average Bonchev–Trinajstić information content (AvgIpc) is 4.04. The molecule has 4 saturated heterocycles. The second kappa shape index (κ2) is 24.1. The number of piperidine rings is 1. The molecule has 5 aliphatic rings. The van der Waals surface area contributed by atoms with Gasteiger partial charge in [-0.15, -0.1) is 11.8 Å². The van der Waals surface area contributed by atoms with Crippen molar-refractivity contribution in [3.05, 3.63) is 34.4 Å². The number of fused-ring (bicyclic) bond motifs is 1. The zero-order valence-electron chi connectivity index (χ0n) is 45.9. The molecular formula is C55H84N6O12S. The van der Waals surface area contributed by atoms with Crippen LogP contribution in [0.15, 0.2) is 28.8 Å². The van der Waals surface area contributed by atoms with Crippen molar-refractivity contribution in [2.75, 3.05) is 54.0 Å². The number of methoxy groups -OCH3 is 2. The Balaban J connectivity index is 1.00. The Bertz CT molecular complexity index is 2300. The molecule has 0 spiro atoms. The van der Waals surface area contributed by atoms with Crippen LogP contribution in [0.5, 0.6) is 11.5 Å². The van der Waals surface area contributed by atoms with E-state index < -0.39 is 70.8 Å². The third-order valence-corrected chi connectivity index (χ3v) is 17.9. The first-order valence-electron chi connectivity index (χ1n) is 26.7. The monoisotopic (exact) mass is 1050 g/mol. The molecule has 74 heavy (non-hydrogen) atoms. The van der Waals surface area contributed by atoms with Gasteiger partial charge in [-0.3, -0.25) is 28.9 Å². The molecule has 0 saturated carbocycles. The normalized spacial score (nSPS) is 25.3. The van der Waals surface area contributed by atoms with Crippen LogP contribution in [-0.4, -0.2) is 172 Å². The number of carbonyl (C=O) groups is 7. The van der Waals surface area contributed by atoms with Gasteiger partial charge >= 0.3 is 11.9 Å². The Labute approximate surface area is 442 Å². The number of aliphatic hydroxyl groups excluding tert-OH is 1. The predicted octanol–water partition coefficient (Wildman–Crippen LogP) is 5.18. The molecule has 0 unspecified atom stereocenters. The number of rotatable bonds is 24. The topological polar surface area (TPSA) is 225 Å². The summed E-state index contributed by atoms with van der Waals surface area (Å²) in [5.74, 6) is -3.03. The fourth-order valence-corrected chi connectivity index (χ4v) is 12.9. The van der Waals surface area contributed by atoms with E-state index in [0.717, 1.165) is 18.4 Å². The zero-order valence-corrected chi connectivity index (χ0v) is 46.7. The van der Waals surface area contributed by atoms with E-state index in [9.17, 15) is 43.8 Å². The number of nitrogens with zero attached hydrogens (tertiary/aromatic N) is 4. The lowest BCUT2D eigenvalue weighted by Gasteiger charge is -2.46. The summed E-state index contributed by atoms with van der Waals surface area (Å²) in [6.45, 7) is 19.1. The first-order chi connectivity index (χ1) is 34.7. The lowest BCUT2D eigenvalue weighted by Crippen LogP contribution is -2.63. The van der Waals surface area contributed by atoms with E-state index in [2.05, 4.69) is 38.3 Å². The number of likely N-dealkylation sites (N-methyl/N-ethyl adjacent to an activating group) is 1. The van der Waals surface area contributed by atoms with Gasteiger partial charge in [-0.2, -0.15) is 0 Å². The Morgan fingerprint density at radius 1 is 0.932 bits per heavy atom. The summed E-state index contributed by atoms with van der Waals surface area (Å²) in [4.78, 5) is 101. The summed E-state index contributed by atoms with van der Waals surface area (Å²) in [6, 6.07) is 3.88. The number of aliphatic carboxylic acids is 1. The Hall–Kier alpha value is -4.72. The number of aliphatic hydroxyl groups is 1. The van der Waals surface area contributed by atoms with Crippen molar-refractivity contribution in [3.63, 3.8) is 0 Å². The molecule has 0 bridgehead atoms. The Morgan fingerprint density at radius 3 is 2.28 bits per heavy atom. The third-order valence-electron chi connectivity index (χ3n) is 16.4. The molecule has 4 amide bonds. The Kier molecular flexibility index (Phi) is 19.1. The number of nitrogens with one attached hydrogen (secondary N) is 2. The first kappa shape index (κ1) is 58.5. The number of β-lactam (4-membered cyclic amide) rings is 1. The van der Waals surface area contributed by atoms with E-state index in [4.69, 9.17) is 14.2 Å². The van der Waals surface area contributed by atoms with E-state index in [0.29, 0.717) is 100 Å². The van der Waals surface area contributed by atoms with Gasteiger partial charge < -0.3 is 49.8 Å². The number of likely N-dealkylation sites (tertiary alicyclic amines) is 3. The van der Waals surface area contributed by atoms with Gasteiger partial charge in [0.25, 0.3) is 5.91 Å². The quantitative estimate of drug-likeness (QED) is 0.0595. The summed E-state index contributed by atoms with van der Waals surface area (Å²) < 4.78 is 17.4. The molecule has 4 fully saturated rings. The second-order valence-corrected chi connectivity index (χ2v) is 24.9. The highest BCUT2D eigenvalue weighted by molar-refractivity contribution is 8.03. The van der Waals surface area contributed by atoms with Gasteiger partial charge in [-0.1, -0.05) is 47.6 Å². The van der Waals surface area contributed by atoms with Crippen LogP contribution in [0.2, 0.25) is 0 Å². The fourth-order valence-electron chi connectivity index (χ4n) is 11.3. The fraction of sp³-hybridized carbons (Fsp3) is 0.727. The maximum atomic E-state index is 14.1. The van der Waals surface area contributed by atoms with Gasteiger partial charge in [-0.25, -0.2) is 9.59 Å². The summed E-state index contributed by atoms with van der Waals surface area (Å²) in [5.41, 5.74) is -0.622. The van der Waals surface area contributed by atoms with Gasteiger partial charge in [0, 0.05) is 59.2 Å². The van der Waals surface area contributed by atoms with E-state index in [-0.39, 0.29) is 52.6 Å². The maximum absolute atomic E-state index is 14.1. The average molecular weight is 1050 g/mol. The van der Waals surface area contributed by atoms with E-state index in [1.807, 2.05) is 44.0 Å². The lowest BCUT2D eigenvalue weighted by atomic mass is 9.78. The molecule has 1 aromatic carbocycles. The number of carbonyl (C=O) groups excluding carboxylic acids is 6. The third kappa shape index (κ3) is 13.4. The number of carboxylic acid groups (broad SMARTS) is 1. The standard InChI is InChI=1S/C55H84N6O12S/c1-13-54(6,7)47(64)50(67)60-24-15-14-16-38(60)52(70)73-36(19-17-34-18-20-40(71-11)41(26-34)72-12)28-53(4,5)22-23-55(8,9)56-29-42(63)57-35-21-25-59(30-35)48(65)39-27-37(31-58(39)10)74-46-32(2)44-43(33(3)62)49(66)61(44)45(46)51(68)69/h18,20,26,32-33,35-39,43-44,56,62H,13-17,19,21-25,27-31H2,1-12H3,(H,57,63)(H,68,69)/t32-,33-,35+,36-,37+,38+,39+,43-,44-/m1/s1. The number of esters is 1. The van der Waals surface area contributed by atoms with E-state index in [1.54, 1.807) is 39.9 Å². The van der Waals surface area contributed by atoms with Gasteiger partial charge in [-0.05, 0) is 122 Å². The lowest BCUT2D eigenvalue weighted by molar-refractivity contribution is -0.165. The number of benzene rings is 1. The maximum Gasteiger partial charge on any atom is 0.353 e. The minimum absolute atomic E-state index is 0.0132. The molecule has 4 N–H and O–H groups in total. The van der Waals surface area contributed by atoms with Gasteiger partial charge in [0.05, 0.1) is 44.9 Å². The molecule has 19 heteroatoms. The summed E-state index contributed by atoms with van der Waals surface area (Å²) in [7, 11) is 5.06. The van der Waals surface area contributed by atoms with Crippen molar-refractivity contribution in [1.82, 2.24) is 30.2 Å². The van der Waals surface area contributed by atoms with Crippen molar-refractivity contribution in [3.8, 4) is 11.5 Å². The zero-order chi connectivity index (χ0) is 54.6. The van der Waals surface area contributed by atoms with Crippen molar-refractivity contribution in [2.45, 2.75) is 180 Å². The van der Waals surface area contributed by atoms with Gasteiger partial charge in [0.15, 0.2) is 11.5 Å². The first-order valence-corrected chi connectivity index (χ1v) is 27.6. The summed E-state index contributed by atoms with van der Waals surface area (Å²) in [5, 5.41) is 26.9. The van der Waals surface area contributed by atoms with Crippen molar-refractivity contribution < 1.29 is 58.0 Å². The number of carboxylic acids is 1. The minimum Gasteiger partial charge on any atom is -0.493 e. The molecular weight excluding hydrogens is 969 g/mol. The molecule has 6 rings (SSSR count). The largest absolute Gasteiger partial charge is 0.493 e. The molecule has 0 aliphatic carbocycles. The highest BCUT2D eigenvalue weighted by atomic mass is 32.2. The number of ether oxygens (including phenoxy) is 3. The predicted molar refractivity (Wildman–Crippen MR) is 281 cm³/mol. The van der Waals surface area contributed by atoms with Crippen LogP contribution in [-0.2, 0) is 44.7 Å². The highest BCUT2D eigenvalue weighted by Gasteiger charge is 2.60. The number of Topliss-reactive ketones (excluding diaryl/α,β-unsaturated/α-hetero) is 1. The number of aryl methyl sites for hydroxylation is 1. The smallest absolute Gasteiger partial charge is 0.353 e. The molecule has 0 aromatic heterocycles. The molecule has 0 radical (unpaired) electrons. The number of amides is 4. The molecule has 412 valence electrons. The summed E-state index contributed by atoms with van der Waals surface area (Å²) >= 11 is 1.43. The molecule has 18 nitrogen and oxygen atoms in total. The van der Waals surface area contributed by atoms with E-state index >= 15 is 0 Å². The van der Waals surface area contributed by atoms with Gasteiger partial charge in [0.1, 0.15) is 17.8 Å². The van der Waals surface area contributed by atoms with Crippen LogP contribution < -0.4 is 20.1 Å². The minimum atomic E-state index is -1.17. The van der Waals surface area contributed by atoms with Crippen molar-refractivity contribution >= 4 is 53.1 Å². The summed E-state index contributed by atoms with van der Waals surface area (Å²) in [6.07, 6.45) is 5.20. The molecule has 5 heterocycles. The van der Waals surface area contributed by atoms with Crippen LogP contribution >= 0.6 is 11.8 Å². The molecule has 1 aromatic rings. The van der Waals surface area contributed by atoms with Crippen LogP contribution in [0.4, 0.5) is 0 Å². The van der Waals surface area contributed by atoms with Gasteiger partial charge in [0.2, 0.25) is 23.5 Å². The van der Waals surface area contributed by atoms with E-state index in [1.165, 1.54) is 21.6 Å². The molecule has 5 aliphatic heterocycles. The number of hydrogen-bond donors (Lipinski definition) is 4. The van der Waals surface area contributed by atoms with Crippen molar-refractivity contribution in [2.24, 2.45) is 22.7 Å². The van der Waals surface area contributed by atoms with Crippen LogP contribution in [0.1, 0.15) is 132 Å². The van der Waals surface area contributed by atoms with Crippen LogP contribution in [0.25, 0.3) is 0 Å². The number of hydrogen-bond acceptors (Lipinski definition) is 14. The van der Waals surface area contributed by atoms with Crippen LogP contribution in [0, 0.1) is 22.7 Å². The SMILES string of the molecule is CCC(C)(C)C(=O)C(=O)N1CCCC[C@H]1C(=O)O[C@H](CCc1ccc(OC)c(OC)c1)CC(C)(C)CCC(C)(C)NCC(=O)N[C@H]1CCN(C(=O)[C@@H]2C[C@H](SC3=C(C(=O)O)N4C(=O)[C@H]([C@@H](C)O)[C@H]4[C@H]3C)CN2C)C1. The molecule has 9 atom stereocenters. The second-order valence-electron chi connectivity index (χ2n) is 23.5. The number of ketones is 1. The highest BCUT2D eigenvalue weighted by Crippen LogP contribution is 2.52. The van der Waals surface area contributed by atoms with Crippen molar-refractivity contribution in [1.29, 1.82) is 0 Å².